The summed E-state index contributed by atoms with van der Waals surface area (Å²) in [5.74, 6) is -0.399. The van der Waals surface area contributed by atoms with E-state index in [9.17, 15) is 18.0 Å². The Balaban J connectivity index is 2.02. The van der Waals surface area contributed by atoms with Gasteiger partial charge in [-0.25, -0.2) is 0 Å². The quantitative estimate of drug-likeness (QED) is 0.859. The van der Waals surface area contributed by atoms with Crippen LogP contribution >= 0.6 is 0 Å². The molecule has 1 aliphatic heterocycles. The first kappa shape index (κ1) is 14.8. The standard InChI is InChI=1S/C11H14F3N3O3/c12-11(13,14)9-1-2-16(15-9)5-10(19)17-3-4-20-7-8(17)6-18/h1-2,8,18H,3-7H2. The van der Waals surface area contributed by atoms with Crippen LogP contribution in [-0.4, -0.2) is 58.1 Å². The molecule has 1 atom stereocenters. The maximum atomic E-state index is 12.4. The van der Waals surface area contributed by atoms with Gasteiger partial charge in [0.25, 0.3) is 0 Å². The number of rotatable bonds is 3. The van der Waals surface area contributed by atoms with Crippen molar-refractivity contribution in [1.29, 1.82) is 0 Å². The molecule has 2 rings (SSSR count). The number of amides is 1. The molecule has 1 aliphatic rings. The second-order valence-electron chi connectivity index (χ2n) is 4.39. The number of aliphatic hydroxyl groups is 1. The predicted octanol–water partition coefficient (Wildman–Crippen LogP) is 0.122. The van der Waals surface area contributed by atoms with E-state index in [4.69, 9.17) is 9.84 Å². The Kier molecular flexibility index (Phi) is 4.29. The summed E-state index contributed by atoms with van der Waals surface area (Å²) in [5.41, 5.74) is -1.04. The minimum absolute atomic E-state index is 0.217. The normalized spacial score (nSPS) is 20.2. The van der Waals surface area contributed by atoms with Crippen molar-refractivity contribution in [3.8, 4) is 0 Å². The highest BCUT2D eigenvalue weighted by atomic mass is 19.4. The van der Waals surface area contributed by atoms with Crippen molar-refractivity contribution in [2.45, 2.75) is 18.8 Å². The molecule has 0 aromatic carbocycles. The Bertz CT molecular complexity index is 475. The highest BCUT2D eigenvalue weighted by Gasteiger charge is 2.34. The van der Waals surface area contributed by atoms with Gasteiger partial charge in [0.05, 0.1) is 25.9 Å². The van der Waals surface area contributed by atoms with E-state index in [1.807, 2.05) is 0 Å². The fourth-order valence-corrected chi connectivity index (χ4v) is 1.96. The van der Waals surface area contributed by atoms with Gasteiger partial charge in [-0.1, -0.05) is 0 Å². The van der Waals surface area contributed by atoms with Crippen molar-refractivity contribution in [2.75, 3.05) is 26.4 Å². The number of halogens is 3. The zero-order chi connectivity index (χ0) is 14.8. The van der Waals surface area contributed by atoms with Gasteiger partial charge in [-0.3, -0.25) is 9.48 Å². The van der Waals surface area contributed by atoms with Crippen LogP contribution in [0.1, 0.15) is 5.69 Å². The van der Waals surface area contributed by atoms with Crippen molar-refractivity contribution < 1.29 is 27.8 Å². The molecule has 9 heteroatoms. The number of hydrogen-bond donors (Lipinski definition) is 1. The summed E-state index contributed by atoms with van der Waals surface area (Å²) >= 11 is 0. The van der Waals surface area contributed by atoms with Crippen LogP contribution in [0.15, 0.2) is 12.3 Å². The third-order valence-corrected chi connectivity index (χ3v) is 2.99. The monoisotopic (exact) mass is 293 g/mol. The van der Waals surface area contributed by atoms with E-state index in [-0.39, 0.29) is 19.8 Å². The van der Waals surface area contributed by atoms with Crippen LogP contribution in [0.4, 0.5) is 13.2 Å². The summed E-state index contributed by atoms with van der Waals surface area (Å²) < 4.78 is 43.2. The molecule has 1 aromatic heterocycles. The molecule has 20 heavy (non-hydrogen) atoms. The Morgan fingerprint density at radius 1 is 1.55 bits per heavy atom. The van der Waals surface area contributed by atoms with Gasteiger partial charge in [-0.15, -0.1) is 0 Å². The number of hydrogen-bond acceptors (Lipinski definition) is 4. The lowest BCUT2D eigenvalue weighted by molar-refractivity contribution is -0.144. The first-order chi connectivity index (χ1) is 9.41. The van der Waals surface area contributed by atoms with Crippen LogP contribution in [0.2, 0.25) is 0 Å². The average Bonchev–Trinajstić information content (AvgIpc) is 2.87. The number of carbonyl (C=O) groups is 1. The minimum atomic E-state index is -4.53. The Morgan fingerprint density at radius 3 is 2.90 bits per heavy atom. The van der Waals surface area contributed by atoms with Crippen molar-refractivity contribution in [1.82, 2.24) is 14.7 Å². The lowest BCUT2D eigenvalue weighted by atomic mass is 10.2. The maximum Gasteiger partial charge on any atom is 0.435 e. The van der Waals surface area contributed by atoms with Crippen LogP contribution in [0.5, 0.6) is 0 Å². The predicted molar refractivity (Wildman–Crippen MR) is 60.6 cm³/mol. The highest BCUT2D eigenvalue weighted by Crippen LogP contribution is 2.27. The van der Waals surface area contributed by atoms with Gasteiger partial charge in [0, 0.05) is 12.7 Å². The molecular formula is C11H14F3N3O3. The molecular weight excluding hydrogens is 279 g/mol. The smallest absolute Gasteiger partial charge is 0.394 e. The summed E-state index contributed by atoms with van der Waals surface area (Å²) in [5, 5.41) is 12.5. The molecule has 1 fully saturated rings. The number of alkyl halides is 3. The molecule has 1 unspecified atom stereocenters. The molecule has 0 bridgehead atoms. The van der Waals surface area contributed by atoms with E-state index < -0.39 is 23.8 Å². The van der Waals surface area contributed by atoms with Crippen LogP contribution in [0.25, 0.3) is 0 Å². The van der Waals surface area contributed by atoms with Gasteiger partial charge in [0.1, 0.15) is 6.54 Å². The zero-order valence-electron chi connectivity index (χ0n) is 10.5. The third-order valence-electron chi connectivity index (χ3n) is 2.99. The van der Waals surface area contributed by atoms with Gasteiger partial charge in [-0.2, -0.15) is 18.3 Å². The average molecular weight is 293 g/mol. The first-order valence-corrected chi connectivity index (χ1v) is 6.00. The number of carbonyl (C=O) groups excluding carboxylic acids is 1. The topological polar surface area (TPSA) is 67.6 Å². The molecule has 1 amide bonds. The van der Waals surface area contributed by atoms with E-state index in [0.717, 1.165) is 16.9 Å². The lowest BCUT2D eigenvalue weighted by Gasteiger charge is -2.34. The number of nitrogens with zero attached hydrogens (tertiary/aromatic N) is 3. The van der Waals surface area contributed by atoms with E-state index in [0.29, 0.717) is 13.2 Å². The highest BCUT2D eigenvalue weighted by molar-refractivity contribution is 5.76. The third kappa shape index (κ3) is 3.28. The van der Waals surface area contributed by atoms with Crippen LogP contribution in [-0.2, 0) is 22.3 Å². The molecule has 1 N–H and O–H groups in total. The van der Waals surface area contributed by atoms with Gasteiger partial charge >= 0.3 is 6.18 Å². The Hall–Kier alpha value is -1.61. The Morgan fingerprint density at radius 2 is 2.30 bits per heavy atom. The summed E-state index contributed by atoms with van der Waals surface area (Å²) in [6.45, 7) is 0.312. The largest absolute Gasteiger partial charge is 0.435 e. The molecule has 112 valence electrons. The summed E-state index contributed by atoms with van der Waals surface area (Å²) in [6.07, 6.45) is -3.42. The molecule has 1 aromatic rings. The number of aromatic nitrogens is 2. The molecule has 2 heterocycles. The van der Waals surface area contributed by atoms with Crippen molar-refractivity contribution >= 4 is 5.91 Å². The van der Waals surface area contributed by atoms with E-state index in [2.05, 4.69) is 5.10 Å². The molecule has 1 saturated heterocycles. The van der Waals surface area contributed by atoms with Gasteiger partial charge in [-0.05, 0) is 6.07 Å². The maximum absolute atomic E-state index is 12.4. The van der Waals surface area contributed by atoms with Gasteiger partial charge in [0.15, 0.2) is 5.69 Å². The van der Waals surface area contributed by atoms with E-state index >= 15 is 0 Å². The second-order valence-corrected chi connectivity index (χ2v) is 4.39. The summed E-state index contributed by atoms with van der Waals surface area (Å²) in [4.78, 5) is 13.4. The number of ether oxygens (including phenoxy) is 1. The first-order valence-electron chi connectivity index (χ1n) is 6.00. The minimum Gasteiger partial charge on any atom is -0.394 e. The zero-order valence-corrected chi connectivity index (χ0v) is 10.5. The molecule has 0 aliphatic carbocycles. The van der Waals surface area contributed by atoms with Crippen molar-refractivity contribution in [2.24, 2.45) is 0 Å². The number of morpholine rings is 1. The van der Waals surface area contributed by atoms with Crippen molar-refractivity contribution in [3.05, 3.63) is 18.0 Å². The van der Waals surface area contributed by atoms with Crippen LogP contribution in [0, 0.1) is 0 Å². The van der Waals surface area contributed by atoms with Gasteiger partial charge in [0.2, 0.25) is 5.91 Å². The fourth-order valence-electron chi connectivity index (χ4n) is 1.96. The van der Waals surface area contributed by atoms with Crippen molar-refractivity contribution in [3.63, 3.8) is 0 Å². The second kappa shape index (κ2) is 5.80. The molecule has 0 radical (unpaired) electrons. The van der Waals surface area contributed by atoms with Gasteiger partial charge < -0.3 is 14.7 Å². The SMILES string of the molecule is O=C(Cn1ccc(C(F)(F)F)n1)N1CCOCC1CO. The van der Waals surface area contributed by atoms with Crippen LogP contribution < -0.4 is 0 Å². The number of aliphatic hydroxyl groups excluding tert-OH is 1. The van der Waals surface area contributed by atoms with E-state index in [1.165, 1.54) is 4.90 Å². The molecule has 0 spiro atoms. The van der Waals surface area contributed by atoms with E-state index in [1.54, 1.807) is 0 Å². The summed E-state index contributed by atoms with van der Waals surface area (Å²) in [7, 11) is 0. The fraction of sp³-hybridized carbons (Fsp3) is 0.636. The molecule has 6 nitrogen and oxygen atoms in total. The lowest BCUT2D eigenvalue weighted by Crippen LogP contribution is -2.51. The Labute approximate surface area is 112 Å². The summed E-state index contributed by atoms with van der Waals surface area (Å²) in [6, 6.07) is 0.352. The van der Waals surface area contributed by atoms with Crippen LogP contribution in [0.3, 0.4) is 0 Å². The molecule has 0 saturated carbocycles.